The van der Waals surface area contributed by atoms with E-state index in [1.165, 1.54) is 23.8 Å². The second kappa shape index (κ2) is 2.30. The van der Waals surface area contributed by atoms with Gasteiger partial charge >= 0.3 is 0 Å². The number of fused-ring (bicyclic) bond motifs is 1. The average molecular weight is 145 g/mol. The third-order valence-corrected chi connectivity index (χ3v) is 2.61. The summed E-state index contributed by atoms with van der Waals surface area (Å²) in [6.07, 6.45) is 2.44. The van der Waals surface area contributed by atoms with Crippen LogP contribution < -0.4 is 11.2 Å². The number of anilines is 1. The molecule has 56 valence electrons. The summed E-state index contributed by atoms with van der Waals surface area (Å²) < 4.78 is 0. The van der Waals surface area contributed by atoms with Crippen LogP contribution in [0.25, 0.3) is 0 Å². The highest BCUT2D eigenvalue weighted by atomic mass is 14.6. The van der Waals surface area contributed by atoms with E-state index in [1.54, 1.807) is 0 Å². The van der Waals surface area contributed by atoms with Crippen LogP contribution in [-0.2, 0) is 6.42 Å². The molecule has 0 saturated carbocycles. The summed E-state index contributed by atoms with van der Waals surface area (Å²) in [6, 6.07) is 6.25. The zero-order valence-corrected chi connectivity index (χ0v) is 6.80. The third kappa shape index (κ3) is 0.935. The van der Waals surface area contributed by atoms with Crippen LogP contribution in [0.4, 0.5) is 5.69 Å². The summed E-state index contributed by atoms with van der Waals surface area (Å²) in [7, 11) is 0. The van der Waals surface area contributed by atoms with Gasteiger partial charge in [0, 0.05) is 5.69 Å². The summed E-state index contributed by atoms with van der Waals surface area (Å²) in [5.41, 5.74) is 9.66. The molecule has 2 N–H and O–H groups in total. The van der Waals surface area contributed by atoms with Gasteiger partial charge in [-0.25, -0.2) is 0 Å². The van der Waals surface area contributed by atoms with Gasteiger partial charge in [-0.15, -0.1) is 0 Å². The number of hydrogen-bond donors (Lipinski definition) is 1. The van der Waals surface area contributed by atoms with Gasteiger partial charge in [-0.2, -0.15) is 0 Å². The number of hydrogen-bond acceptors (Lipinski definition) is 1. The molecule has 0 saturated heterocycles. The Morgan fingerprint density at radius 3 is 3.00 bits per heavy atom. The summed E-state index contributed by atoms with van der Waals surface area (Å²) in [5, 5.41) is 0. The third-order valence-electron chi connectivity index (χ3n) is 2.61. The van der Waals surface area contributed by atoms with Crippen LogP contribution in [0.5, 0.6) is 0 Å². The molecule has 0 amide bonds. The Morgan fingerprint density at radius 1 is 1.45 bits per heavy atom. The minimum absolute atomic E-state index is 0.716. The lowest BCUT2D eigenvalue weighted by molar-refractivity contribution is 1.17. The number of nitrogen functional groups attached to an aromatic ring is 1. The predicted molar refractivity (Wildman–Crippen MR) is 50.6 cm³/mol. The molecular formula is C9H12BN. The minimum Gasteiger partial charge on any atom is -0.399 e. The molecule has 0 bridgehead atoms. The van der Waals surface area contributed by atoms with Crippen molar-refractivity contribution < 1.29 is 0 Å². The molecule has 11 heavy (non-hydrogen) atoms. The van der Waals surface area contributed by atoms with E-state index in [4.69, 9.17) is 5.73 Å². The first-order valence-corrected chi connectivity index (χ1v) is 4.16. The topological polar surface area (TPSA) is 26.0 Å². The highest BCUT2D eigenvalue weighted by molar-refractivity contribution is 6.73. The summed E-state index contributed by atoms with van der Waals surface area (Å²) in [6.45, 7) is 2.99. The fraction of sp³-hybridized carbons (Fsp3) is 0.333. The van der Waals surface area contributed by atoms with Crippen molar-refractivity contribution in [2.45, 2.75) is 19.6 Å². The van der Waals surface area contributed by atoms with Crippen LogP contribution in [0.2, 0.25) is 13.1 Å². The normalized spacial score (nSPS) is 15.2. The van der Waals surface area contributed by atoms with Gasteiger partial charge in [0.25, 0.3) is 0 Å². The molecule has 2 heteroatoms. The van der Waals surface area contributed by atoms with E-state index in [1.807, 2.05) is 6.07 Å². The lowest BCUT2D eigenvalue weighted by Gasteiger charge is -2.03. The van der Waals surface area contributed by atoms with E-state index < -0.39 is 0 Å². The predicted octanol–water partition coefficient (Wildman–Crippen LogP) is 1.16. The molecule has 0 aliphatic carbocycles. The summed E-state index contributed by atoms with van der Waals surface area (Å²) >= 11 is 0. The second-order valence-corrected chi connectivity index (χ2v) is 3.35. The molecule has 2 rings (SSSR count). The first-order valence-electron chi connectivity index (χ1n) is 4.16. The Bertz CT molecular complexity index is 283. The molecular weight excluding hydrogens is 133 g/mol. The highest BCUT2D eigenvalue weighted by Crippen LogP contribution is 2.19. The van der Waals surface area contributed by atoms with Gasteiger partial charge in [0.05, 0.1) is 0 Å². The Hall–Kier alpha value is -0.915. The molecule has 0 aromatic heterocycles. The number of nitrogens with two attached hydrogens (primary N) is 1. The van der Waals surface area contributed by atoms with Crippen LogP contribution in [-0.4, -0.2) is 6.71 Å². The zero-order valence-electron chi connectivity index (χ0n) is 6.80. The Balaban J connectivity index is 2.57. The quantitative estimate of drug-likeness (QED) is 0.430. The van der Waals surface area contributed by atoms with Gasteiger partial charge in [-0.05, 0) is 18.1 Å². The molecule has 0 unspecified atom stereocenters. The van der Waals surface area contributed by atoms with Gasteiger partial charge in [0.15, 0.2) is 6.71 Å². The molecule has 0 spiro atoms. The smallest absolute Gasteiger partial charge is 0.173 e. The molecule has 1 heterocycles. The van der Waals surface area contributed by atoms with Crippen molar-refractivity contribution in [3.63, 3.8) is 0 Å². The van der Waals surface area contributed by atoms with Crippen molar-refractivity contribution in [2.75, 3.05) is 5.73 Å². The molecule has 0 fully saturated rings. The summed E-state index contributed by atoms with van der Waals surface area (Å²) in [4.78, 5) is 0. The van der Waals surface area contributed by atoms with Gasteiger partial charge in [0.2, 0.25) is 0 Å². The van der Waals surface area contributed by atoms with Crippen LogP contribution in [0.1, 0.15) is 5.56 Å². The molecule has 1 aliphatic rings. The van der Waals surface area contributed by atoms with Crippen molar-refractivity contribution in [3.8, 4) is 0 Å². The minimum atomic E-state index is 0.716. The van der Waals surface area contributed by atoms with Gasteiger partial charge < -0.3 is 5.73 Å². The highest BCUT2D eigenvalue weighted by Gasteiger charge is 2.22. The SMILES string of the molecule is CB1CCc2c(N)cccc21. The van der Waals surface area contributed by atoms with Crippen molar-refractivity contribution in [2.24, 2.45) is 0 Å². The molecule has 1 aromatic rings. The van der Waals surface area contributed by atoms with Crippen LogP contribution >= 0.6 is 0 Å². The maximum atomic E-state index is 5.83. The maximum absolute atomic E-state index is 5.83. The largest absolute Gasteiger partial charge is 0.399 e. The van der Waals surface area contributed by atoms with Crippen LogP contribution in [0.15, 0.2) is 18.2 Å². The van der Waals surface area contributed by atoms with Gasteiger partial charge in [0.1, 0.15) is 0 Å². The molecule has 0 radical (unpaired) electrons. The fourth-order valence-electron chi connectivity index (χ4n) is 1.89. The van der Waals surface area contributed by atoms with E-state index in [0.29, 0.717) is 6.71 Å². The van der Waals surface area contributed by atoms with E-state index in [-0.39, 0.29) is 0 Å². The Kier molecular flexibility index (Phi) is 1.41. The van der Waals surface area contributed by atoms with Crippen LogP contribution in [0.3, 0.4) is 0 Å². The standard InChI is InChI=1S/C9H12BN/c1-10-6-5-7-8(10)3-2-4-9(7)11/h2-4H,5-6,11H2,1H3. The van der Waals surface area contributed by atoms with Crippen molar-refractivity contribution in [1.82, 2.24) is 0 Å². The van der Waals surface area contributed by atoms with Crippen molar-refractivity contribution in [3.05, 3.63) is 23.8 Å². The average Bonchev–Trinajstić information content (AvgIpc) is 2.35. The molecule has 0 atom stereocenters. The van der Waals surface area contributed by atoms with Crippen molar-refractivity contribution >= 4 is 17.9 Å². The van der Waals surface area contributed by atoms with E-state index in [9.17, 15) is 0 Å². The summed E-state index contributed by atoms with van der Waals surface area (Å²) in [5.74, 6) is 0. The Morgan fingerprint density at radius 2 is 2.27 bits per heavy atom. The van der Waals surface area contributed by atoms with Crippen molar-refractivity contribution in [1.29, 1.82) is 0 Å². The number of benzene rings is 1. The van der Waals surface area contributed by atoms with E-state index in [0.717, 1.165) is 5.69 Å². The van der Waals surface area contributed by atoms with E-state index >= 15 is 0 Å². The second-order valence-electron chi connectivity index (χ2n) is 3.35. The Labute approximate surface area is 67.7 Å². The van der Waals surface area contributed by atoms with Gasteiger partial charge in [-0.1, -0.05) is 30.7 Å². The molecule has 1 aliphatic heterocycles. The molecule has 1 nitrogen and oxygen atoms in total. The first kappa shape index (κ1) is 6.77. The maximum Gasteiger partial charge on any atom is 0.173 e. The van der Waals surface area contributed by atoms with Crippen LogP contribution in [0, 0.1) is 0 Å². The van der Waals surface area contributed by atoms with E-state index in [2.05, 4.69) is 19.0 Å². The number of rotatable bonds is 0. The first-order chi connectivity index (χ1) is 5.29. The monoisotopic (exact) mass is 145 g/mol. The zero-order chi connectivity index (χ0) is 7.84. The van der Waals surface area contributed by atoms with Gasteiger partial charge in [-0.3, -0.25) is 0 Å². The molecule has 1 aromatic carbocycles. The lowest BCUT2D eigenvalue weighted by atomic mass is 9.48. The lowest BCUT2D eigenvalue weighted by Crippen LogP contribution is -2.22. The fourth-order valence-corrected chi connectivity index (χ4v) is 1.89.